The number of carbonyl (C=O) groups is 2. The number of carboxylic acids is 1. The highest BCUT2D eigenvalue weighted by molar-refractivity contribution is 5.99. The molecule has 5 nitrogen and oxygen atoms in total. The summed E-state index contributed by atoms with van der Waals surface area (Å²) in [5, 5.41) is 12.4. The minimum Gasteiger partial charge on any atom is -0.479 e. The fourth-order valence-corrected chi connectivity index (χ4v) is 3.13. The van der Waals surface area contributed by atoms with Gasteiger partial charge < -0.3 is 15.2 Å². The molecule has 0 radical (unpaired) electrons. The predicted molar refractivity (Wildman–Crippen MR) is 82.8 cm³/mol. The number of amides is 1. The van der Waals surface area contributed by atoms with Gasteiger partial charge in [0.25, 0.3) is 5.91 Å². The number of carbonyl (C=O) groups excluding carboxylic acids is 1. The van der Waals surface area contributed by atoms with Gasteiger partial charge in [-0.1, -0.05) is 32.0 Å². The van der Waals surface area contributed by atoms with Crippen LogP contribution in [-0.4, -0.2) is 35.2 Å². The average molecular weight is 305 g/mol. The molecule has 1 aromatic carbocycles. The van der Waals surface area contributed by atoms with Gasteiger partial charge in [-0.05, 0) is 25.5 Å². The first-order chi connectivity index (χ1) is 10.3. The van der Waals surface area contributed by atoms with E-state index in [2.05, 4.69) is 5.32 Å². The molecule has 0 aliphatic heterocycles. The molecule has 1 aliphatic carbocycles. The van der Waals surface area contributed by atoms with Crippen molar-refractivity contribution in [1.82, 2.24) is 5.32 Å². The lowest BCUT2D eigenvalue weighted by atomic mass is 9.54. The second-order valence-electron chi connectivity index (χ2n) is 6.35. The molecule has 0 bridgehead atoms. The van der Waals surface area contributed by atoms with Gasteiger partial charge in [-0.15, -0.1) is 0 Å². The van der Waals surface area contributed by atoms with Crippen LogP contribution in [0.4, 0.5) is 0 Å². The zero-order chi connectivity index (χ0) is 16.5. The Morgan fingerprint density at radius 1 is 1.36 bits per heavy atom. The lowest BCUT2D eigenvalue weighted by Gasteiger charge is -2.58. The lowest BCUT2D eigenvalue weighted by Crippen LogP contribution is -2.76. The molecule has 1 amide bonds. The summed E-state index contributed by atoms with van der Waals surface area (Å²) in [7, 11) is 0. The summed E-state index contributed by atoms with van der Waals surface area (Å²) >= 11 is 0. The van der Waals surface area contributed by atoms with Gasteiger partial charge in [-0.2, -0.15) is 0 Å². The van der Waals surface area contributed by atoms with Gasteiger partial charge in [0.05, 0.1) is 6.10 Å². The summed E-state index contributed by atoms with van der Waals surface area (Å²) in [6.07, 6.45) is 0.103. The van der Waals surface area contributed by atoms with Gasteiger partial charge in [-0.3, -0.25) is 4.79 Å². The molecule has 0 heterocycles. The Hall–Kier alpha value is -1.88. The van der Waals surface area contributed by atoms with Crippen LogP contribution < -0.4 is 5.32 Å². The standard InChI is InChI=1S/C17H23NO4/c1-5-22-13-10-17(15(20)21,16(13,3)4)18-14(19)12-9-7-6-8-11(12)2/h6-9,13H,5,10H2,1-4H3,(H,18,19)(H,20,21). The van der Waals surface area contributed by atoms with Crippen LogP contribution in [-0.2, 0) is 9.53 Å². The molecule has 2 N–H and O–H groups in total. The average Bonchev–Trinajstić information content (AvgIpc) is 2.45. The summed E-state index contributed by atoms with van der Waals surface area (Å²) in [4.78, 5) is 24.4. The number of nitrogens with one attached hydrogen (secondary N) is 1. The smallest absolute Gasteiger partial charge is 0.330 e. The van der Waals surface area contributed by atoms with Crippen LogP contribution >= 0.6 is 0 Å². The fourth-order valence-electron chi connectivity index (χ4n) is 3.13. The molecule has 1 aliphatic rings. The van der Waals surface area contributed by atoms with E-state index in [9.17, 15) is 14.7 Å². The van der Waals surface area contributed by atoms with Gasteiger partial charge >= 0.3 is 5.97 Å². The Balaban J connectivity index is 2.27. The molecular weight excluding hydrogens is 282 g/mol. The number of benzene rings is 1. The first-order valence-corrected chi connectivity index (χ1v) is 7.49. The van der Waals surface area contributed by atoms with Gasteiger partial charge in [0.1, 0.15) is 5.54 Å². The number of aryl methyl sites for hydroxylation is 1. The zero-order valence-corrected chi connectivity index (χ0v) is 13.5. The van der Waals surface area contributed by atoms with E-state index in [4.69, 9.17) is 4.74 Å². The number of ether oxygens (including phenoxy) is 1. The number of hydrogen-bond donors (Lipinski definition) is 2. The maximum absolute atomic E-state index is 12.5. The maximum Gasteiger partial charge on any atom is 0.330 e. The van der Waals surface area contributed by atoms with Crippen molar-refractivity contribution in [3.8, 4) is 0 Å². The summed E-state index contributed by atoms with van der Waals surface area (Å²) in [5.41, 5.74) is -0.655. The van der Waals surface area contributed by atoms with Gasteiger partial charge in [-0.25, -0.2) is 4.79 Å². The van der Waals surface area contributed by atoms with Gasteiger partial charge in [0.2, 0.25) is 0 Å². The van der Waals surface area contributed by atoms with Gasteiger partial charge in [0.15, 0.2) is 0 Å². The van der Waals surface area contributed by atoms with E-state index in [1.54, 1.807) is 12.1 Å². The molecule has 5 heteroatoms. The highest BCUT2D eigenvalue weighted by atomic mass is 16.5. The first-order valence-electron chi connectivity index (χ1n) is 7.49. The minimum absolute atomic E-state index is 0.175. The summed E-state index contributed by atoms with van der Waals surface area (Å²) < 4.78 is 5.59. The first kappa shape index (κ1) is 16.5. The second-order valence-corrected chi connectivity index (χ2v) is 6.35. The van der Waals surface area contributed by atoms with E-state index < -0.39 is 16.9 Å². The SMILES string of the molecule is CCOC1CC(NC(=O)c2ccccc2C)(C(=O)O)C1(C)C. The van der Waals surface area contributed by atoms with Crippen LogP contribution in [0.15, 0.2) is 24.3 Å². The van der Waals surface area contributed by atoms with Gasteiger partial charge in [0, 0.05) is 24.0 Å². The van der Waals surface area contributed by atoms with Crippen molar-refractivity contribution < 1.29 is 19.4 Å². The Morgan fingerprint density at radius 3 is 2.50 bits per heavy atom. The highest BCUT2D eigenvalue weighted by Crippen LogP contribution is 2.51. The Labute approximate surface area is 130 Å². The Morgan fingerprint density at radius 2 is 2.00 bits per heavy atom. The predicted octanol–water partition coefficient (Wildman–Crippen LogP) is 2.38. The van der Waals surface area contributed by atoms with Crippen LogP contribution in [0.3, 0.4) is 0 Å². The summed E-state index contributed by atoms with van der Waals surface area (Å²) in [6.45, 7) is 7.88. The quantitative estimate of drug-likeness (QED) is 0.876. The molecule has 0 aromatic heterocycles. The van der Waals surface area contributed by atoms with Crippen molar-refractivity contribution in [2.24, 2.45) is 5.41 Å². The van der Waals surface area contributed by atoms with Crippen molar-refractivity contribution >= 4 is 11.9 Å². The molecule has 2 rings (SSSR count). The zero-order valence-electron chi connectivity index (χ0n) is 13.5. The largest absolute Gasteiger partial charge is 0.479 e. The van der Waals surface area contributed by atoms with E-state index in [0.717, 1.165) is 5.56 Å². The van der Waals surface area contributed by atoms with Crippen LogP contribution in [0, 0.1) is 12.3 Å². The third kappa shape index (κ3) is 2.39. The van der Waals surface area contributed by atoms with Crippen molar-refractivity contribution in [2.45, 2.75) is 45.8 Å². The molecular formula is C17H23NO4. The number of aliphatic carboxylic acids is 1. The van der Waals surface area contributed by atoms with Crippen LogP contribution in [0.5, 0.6) is 0 Å². The lowest BCUT2D eigenvalue weighted by molar-refractivity contribution is -0.190. The van der Waals surface area contributed by atoms with E-state index >= 15 is 0 Å². The molecule has 0 spiro atoms. The van der Waals surface area contributed by atoms with Crippen molar-refractivity contribution in [1.29, 1.82) is 0 Å². The number of hydrogen-bond acceptors (Lipinski definition) is 3. The molecule has 120 valence electrons. The van der Waals surface area contributed by atoms with Crippen LogP contribution in [0.25, 0.3) is 0 Å². The van der Waals surface area contributed by atoms with Crippen molar-refractivity contribution in [3.05, 3.63) is 35.4 Å². The van der Waals surface area contributed by atoms with E-state index in [-0.39, 0.29) is 18.4 Å². The molecule has 22 heavy (non-hydrogen) atoms. The Bertz CT molecular complexity index is 596. The normalized spacial score (nSPS) is 26.1. The third-order valence-electron chi connectivity index (χ3n) is 4.85. The molecule has 1 aromatic rings. The van der Waals surface area contributed by atoms with Crippen molar-refractivity contribution in [3.63, 3.8) is 0 Å². The Kier molecular flexibility index (Phi) is 4.29. The minimum atomic E-state index is -1.30. The van der Waals surface area contributed by atoms with E-state index in [1.165, 1.54) is 0 Å². The third-order valence-corrected chi connectivity index (χ3v) is 4.85. The highest BCUT2D eigenvalue weighted by Gasteiger charge is 2.66. The van der Waals surface area contributed by atoms with E-state index in [0.29, 0.717) is 12.2 Å². The van der Waals surface area contributed by atoms with E-state index in [1.807, 2.05) is 39.8 Å². The van der Waals surface area contributed by atoms with Crippen LogP contribution in [0.2, 0.25) is 0 Å². The van der Waals surface area contributed by atoms with Crippen molar-refractivity contribution in [2.75, 3.05) is 6.61 Å². The van der Waals surface area contributed by atoms with Crippen LogP contribution in [0.1, 0.15) is 43.1 Å². The molecule has 1 fully saturated rings. The monoisotopic (exact) mass is 305 g/mol. The fraction of sp³-hybridized carbons (Fsp3) is 0.529. The molecule has 2 atom stereocenters. The number of carboxylic acid groups (broad SMARTS) is 1. The second kappa shape index (κ2) is 5.72. The topological polar surface area (TPSA) is 75.6 Å². The molecule has 1 saturated carbocycles. The molecule has 2 unspecified atom stereocenters. The molecule has 0 saturated heterocycles. The summed E-state index contributed by atoms with van der Waals surface area (Å²) in [6, 6.07) is 7.14. The number of rotatable bonds is 5. The maximum atomic E-state index is 12.5. The summed E-state index contributed by atoms with van der Waals surface area (Å²) in [5.74, 6) is -1.38.